The van der Waals surface area contributed by atoms with Gasteiger partial charge in [0.05, 0.1) is 11.7 Å². The van der Waals surface area contributed by atoms with Crippen LogP contribution in [0.4, 0.5) is 0 Å². The maximum Gasteiger partial charge on any atom is 0.302 e. The normalized spacial score (nSPS) is 38.1. The molecule has 0 amide bonds. The summed E-state index contributed by atoms with van der Waals surface area (Å²) in [6.45, 7) is 13.8. The van der Waals surface area contributed by atoms with Crippen LogP contribution in [0.5, 0.6) is 0 Å². The molecule has 0 spiro atoms. The van der Waals surface area contributed by atoms with Gasteiger partial charge in [0.1, 0.15) is 12.2 Å². The monoisotopic (exact) mass is 530 g/mol. The molecule has 3 fully saturated rings. The first kappa shape index (κ1) is 29.3. The number of allylic oxidation sites excluding steroid dienone is 3. The molecule has 0 heterocycles. The first-order valence-corrected chi connectivity index (χ1v) is 14.7. The number of hydrogen-bond donors (Lipinski definition) is 1. The Morgan fingerprint density at radius 3 is 2.37 bits per heavy atom. The van der Waals surface area contributed by atoms with E-state index in [1.807, 2.05) is 21.0 Å². The van der Waals surface area contributed by atoms with Crippen LogP contribution in [0.1, 0.15) is 99.8 Å². The van der Waals surface area contributed by atoms with Crippen LogP contribution < -0.4 is 0 Å². The van der Waals surface area contributed by atoms with Crippen LogP contribution in [-0.4, -0.2) is 48.1 Å². The molecule has 0 bridgehead atoms. The highest BCUT2D eigenvalue weighted by atomic mass is 16.6. The minimum atomic E-state index is -0.685. The second kappa shape index (κ2) is 10.7. The highest BCUT2D eigenvalue weighted by Gasteiger charge is 2.60. The average molecular weight is 531 g/mol. The number of ether oxygens (including phenoxy) is 3. The van der Waals surface area contributed by atoms with Gasteiger partial charge in [-0.05, 0) is 81.5 Å². The predicted octanol–water partition coefficient (Wildman–Crippen LogP) is 6.16. The van der Waals surface area contributed by atoms with Crippen molar-refractivity contribution >= 4 is 11.9 Å². The lowest BCUT2D eigenvalue weighted by atomic mass is 9.49. The second-order valence-corrected chi connectivity index (χ2v) is 13.7. The fourth-order valence-electron chi connectivity index (χ4n) is 8.95. The Balaban J connectivity index is 1.61. The molecular formula is C32H50O6. The zero-order valence-electron chi connectivity index (χ0n) is 24.8. The third kappa shape index (κ3) is 5.37. The van der Waals surface area contributed by atoms with Crippen molar-refractivity contribution in [3.8, 4) is 0 Å². The van der Waals surface area contributed by atoms with Crippen molar-refractivity contribution in [1.82, 2.24) is 0 Å². The van der Waals surface area contributed by atoms with E-state index in [-0.39, 0.29) is 41.1 Å². The van der Waals surface area contributed by atoms with Crippen LogP contribution in [0, 0.1) is 34.5 Å². The standard InChI is InChI=1S/C32H50O6/c1-19(28(36-8)14-15-30(4,5)35)25-11-12-26-24-10-9-22-17-23(37-20(2)33)18-29(38-21(3)34)32(22,7)27(24)13-16-31(25,26)6/h9-10,19,23,25-29,35H,11-18H2,1-8H3/t19-,23+,25+,26-,27-,28-,29-,31+,32-/m0/s1. The Hall–Kier alpha value is -1.66. The van der Waals surface area contributed by atoms with Gasteiger partial charge in [-0.1, -0.05) is 44.1 Å². The molecule has 0 saturated heterocycles. The molecule has 214 valence electrons. The van der Waals surface area contributed by atoms with Gasteiger partial charge in [-0.25, -0.2) is 0 Å². The van der Waals surface area contributed by atoms with Crippen LogP contribution >= 0.6 is 0 Å². The Bertz CT molecular complexity index is 975. The number of methoxy groups -OCH3 is 1. The first-order valence-electron chi connectivity index (χ1n) is 14.7. The van der Waals surface area contributed by atoms with E-state index in [1.165, 1.54) is 37.8 Å². The molecular weight excluding hydrogens is 480 g/mol. The molecule has 0 aromatic rings. The van der Waals surface area contributed by atoms with E-state index in [2.05, 4.69) is 32.9 Å². The zero-order valence-corrected chi connectivity index (χ0v) is 24.8. The Kier molecular flexibility index (Phi) is 8.28. The fraction of sp³-hybridized carbons (Fsp3) is 0.812. The Morgan fingerprint density at radius 1 is 1.08 bits per heavy atom. The zero-order chi connectivity index (χ0) is 28.0. The average Bonchev–Trinajstić information content (AvgIpc) is 3.16. The van der Waals surface area contributed by atoms with E-state index in [1.54, 1.807) is 0 Å². The maximum atomic E-state index is 12.2. The molecule has 1 N–H and O–H groups in total. The number of aliphatic hydroxyl groups is 1. The third-order valence-electron chi connectivity index (χ3n) is 10.9. The highest BCUT2D eigenvalue weighted by molar-refractivity contribution is 5.67. The van der Waals surface area contributed by atoms with Crippen LogP contribution in [0.15, 0.2) is 23.3 Å². The van der Waals surface area contributed by atoms with Crippen molar-refractivity contribution in [1.29, 1.82) is 0 Å². The Morgan fingerprint density at radius 2 is 1.76 bits per heavy atom. The summed E-state index contributed by atoms with van der Waals surface area (Å²) >= 11 is 0. The van der Waals surface area contributed by atoms with Gasteiger partial charge in [0.25, 0.3) is 0 Å². The van der Waals surface area contributed by atoms with Crippen molar-refractivity contribution < 1.29 is 28.9 Å². The molecule has 4 aliphatic rings. The van der Waals surface area contributed by atoms with Crippen molar-refractivity contribution in [3.63, 3.8) is 0 Å². The molecule has 0 unspecified atom stereocenters. The van der Waals surface area contributed by atoms with Crippen molar-refractivity contribution in [2.75, 3.05) is 7.11 Å². The van der Waals surface area contributed by atoms with E-state index in [9.17, 15) is 14.7 Å². The molecule has 0 aromatic carbocycles. The summed E-state index contributed by atoms with van der Waals surface area (Å²) in [4.78, 5) is 23.9. The van der Waals surface area contributed by atoms with Crippen molar-refractivity contribution in [2.24, 2.45) is 34.5 Å². The van der Waals surface area contributed by atoms with E-state index in [0.29, 0.717) is 36.5 Å². The van der Waals surface area contributed by atoms with Gasteiger partial charge < -0.3 is 19.3 Å². The number of carbonyl (C=O) groups excluding carboxylic acids is 2. The minimum Gasteiger partial charge on any atom is -0.462 e. The first-order chi connectivity index (χ1) is 17.7. The fourth-order valence-corrected chi connectivity index (χ4v) is 8.95. The Labute approximate surface area is 229 Å². The van der Waals surface area contributed by atoms with Crippen molar-refractivity contribution in [2.45, 2.75) is 124 Å². The SMILES string of the molecule is CO[C@@H](CCC(C)(C)O)[C@@H](C)[C@H]1CC[C@H]2C3=CC=C4C[C@@H](OC(C)=O)C[C@H](OC(C)=O)[C@]4(C)[C@H]3CC[C@]12C. The van der Waals surface area contributed by atoms with Crippen LogP contribution in [-0.2, 0) is 23.8 Å². The smallest absolute Gasteiger partial charge is 0.302 e. The summed E-state index contributed by atoms with van der Waals surface area (Å²) in [5.74, 6) is 1.23. The lowest BCUT2D eigenvalue weighted by molar-refractivity contribution is -0.165. The van der Waals surface area contributed by atoms with Gasteiger partial charge in [0.2, 0.25) is 0 Å². The van der Waals surface area contributed by atoms with Gasteiger partial charge >= 0.3 is 11.9 Å². The van der Waals surface area contributed by atoms with Crippen LogP contribution in [0.25, 0.3) is 0 Å². The molecule has 0 aliphatic heterocycles. The van der Waals surface area contributed by atoms with E-state index in [0.717, 1.165) is 25.7 Å². The number of esters is 2. The van der Waals surface area contributed by atoms with Crippen LogP contribution in [0.2, 0.25) is 0 Å². The van der Waals surface area contributed by atoms with E-state index >= 15 is 0 Å². The number of carbonyl (C=O) groups is 2. The van der Waals surface area contributed by atoms with E-state index < -0.39 is 5.60 Å². The topological polar surface area (TPSA) is 82.1 Å². The summed E-state index contributed by atoms with van der Waals surface area (Å²) in [5.41, 5.74) is 2.00. The molecule has 3 saturated carbocycles. The van der Waals surface area contributed by atoms with Gasteiger partial charge in [-0.3, -0.25) is 9.59 Å². The molecule has 6 nitrogen and oxygen atoms in total. The molecule has 0 radical (unpaired) electrons. The summed E-state index contributed by atoms with van der Waals surface area (Å²) in [6, 6.07) is 0. The molecule has 0 aromatic heterocycles. The summed E-state index contributed by atoms with van der Waals surface area (Å²) in [5, 5.41) is 10.3. The largest absolute Gasteiger partial charge is 0.462 e. The highest BCUT2D eigenvalue weighted by Crippen LogP contribution is 2.66. The molecule has 4 aliphatic carbocycles. The molecule has 9 atom stereocenters. The van der Waals surface area contributed by atoms with Gasteiger partial charge in [0, 0.05) is 39.2 Å². The quantitative estimate of drug-likeness (QED) is 0.379. The number of hydrogen-bond acceptors (Lipinski definition) is 6. The number of fused-ring (bicyclic) bond motifs is 5. The predicted molar refractivity (Wildman–Crippen MR) is 147 cm³/mol. The summed E-state index contributed by atoms with van der Waals surface area (Å²) in [7, 11) is 1.81. The van der Waals surface area contributed by atoms with Crippen LogP contribution in [0.3, 0.4) is 0 Å². The minimum absolute atomic E-state index is 0.133. The maximum absolute atomic E-state index is 12.2. The summed E-state index contributed by atoms with van der Waals surface area (Å²) in [6.07, 6.45) is 11.6. The lowest BCUT2D eigenvalue weighted by Gasteiger charge is -2.57. The van der Waals surface area contributed by atoms with Gasteiger partial charge in [0.15, 0.2) is 0 Å². The summed E-state index contributed by atoms with van der Waals surface area (Å²) < 4.78 is 17.6. The molecule has 38 heavy (non-hydrogen) atoms. The van der Waals surface area contributed by atoms with Gasteiger partial charge in [-0.2, -0.15) is 0 Å². The molecule has 4 rings (SSSR count). The third-order valence-corrected chi connectivity index (χ3v) is 10.9. The van der Waals surface area contributed by atoms with Gasteiger partial charge in [-0.15, -0.1) is 0 Å². The lowest BCUT2D eigenvalue weighted by Crippen LogP contribution is -2.54. The number of rotatable bonds is 8. The van der Waals surface area contributed by atoms with E-state index in [4.69, 9.17) is 14.2 Å². The van der Waals surface area contributed by atoms with Crippen molar-refractivity contribution in [3.05, 3.63) is 23.3 Å². The molecule has 6 heteroatoms. The second-order valence-electron chi connectivity index (χ2n) is 13.7.